The summed E-state index contributed by atoms with van der Waals surface area (Å²) in [6.07, 6.45) is 3.01. The summed E-state index contributed by atoms with van der Waals surface area (Å²) in [5, 5.41) is 2.90. The standard InChI is InChI=1S/C23H27F2N3O3/c1-16-7-8-19(31-16)21(29)27-11-13-28(14-12-27)22(30)26-15-23(9-2-3-10-23)20-17(24)5-4-6-18(20)25/h4-8H,2-3,9-15H2,1H3,(H,26,30). The van der Waals surface area contributed by atoms with Crippen LogP contribution >= 0.6 is 0 Å². The lowest BCUT2D eigenvalue weighted by molar-refractivity contribution is 0.0632. The van der Waals surface area contributed by atoms with Gasteiger partial charge in [-0.2, -0.15) is 0 Å². The maximum atomic E-state index is 14.5. The Morgan fingerprint density at radius 1 is 1.00 bits per heavy atom. The Morgan fingerprint density at radius 2 is 1.61 bits per heavy atom. The summed E-state index contributed by atoms with van der Waals surface area (Å²) in [4.78, 5) is 28.5. The normalized spacial score (nSPS) is 18.3. The molecule has 1 saturated carbocycles. The Hall–Kier alpha value is -2.90. The Kier molecular flexibility index (Phi) is 5.98. The number of nitrogens with one attached hydrogen (secondary N) is 1. The minimum atomic E-state index is -0.722. The highest BCUT2D eigenvalue weighted by atomic mass is 19.1. The van der Waals surface area contributed by atoms with Gasteiger partial charge in [-0.3, -0.25) is 4.79 Å². The molecule has 2 aromatic rings. The van der Waals surface area contributed by atoms with Crippen molar-refractivity contribution in [3.63, 3.8) is 0 Å². The molecule has 0 bridgehead atoms. The Bertz CT molecular complexity index is 940. The molecule has 2 fully saturated rings. The summed E-state index contributed by atoms with van der Waals surface area (Å²) in [6.45, 7) is 3.55. The predicted molar refractivity (Wildman–Crippen MR) is 111 cm³/mol. The fraction of sp³-hybridized carbons (Fsp3) is 0.478. The van der Waals surface area contributed by atoms with Crippen molar-refractivity contribution >= 4 is 11.9 Å². The zero-order chi connectivity index (χ0) is 22.0. The monoisotopic (exact) mass is 431 g/mol. The number of rotatable bonds is 4. The van der Waals surface area contributed by atoms with Gasteiger partial charge in [0, 0.05) is 43.7 Å². The van der Waals surface area contributed by atoms with Crippen LogP contribution in [0.2, 0.25) is 0 Å². The third kappa shape index (κ3) is 4.29. The quantitative estimate of drug-likeness (QED) is 0.800. The van der Waals surface area contributed by atoms with E-state index in [9.17, 15) is 18.4 Å². The summed E-state index contributed by atoms with van der Waals surface area (Å²) < 4.78 is 34.4. The second-order valence-corrected chi connectivity index (χ2v) is 8.43. The molecule has 2 heterocycles. The van der Waals surface area contributed by atoms with Crippen molar-refractivity contribution in [2.24, 2.45) is 0 Å². The SMILES string of the molecule is Cc1ccc(C(=O)N2CCN(C(=O)NCC3(c4c(F)cccc4F)CCCC3)CC2)o1. The van der Waals surface area contributed by atoms with Crippen LogP contribution in [0, 0.1) is 18.6 Å². The number of carbonyl (C=O) groups is 2. The lowest BCUT2D eigenvalue weighted by Crippen LogP contribution is -2.54. The molecule has 8 heteroatoms. The molecule has 1 N–H and O–H groups in total. The summed E-state index contributed by atoms with van der Waals surface area (Å²) in [7, 11) is 0. The van der Waals surface area contributed by atoms with E-state index >= 15 is 0 Å². The van der Waals surface area contributed by atoms with Crippen molar-refractivity contribution in [1.82, 2.24) is 15.1 Å². The molecule has 1 aliphatic carbocycles. The van der Waals surface area contributed by atoms with Crippen LogP contribution in [0.15, 0.2) is 34.7 Å². The zero-order valence-electron chi connectivity index (χ0n) is 17.6. The number of halogens is 2. The van der Waals surface area contributed by atoms with E-state index < -0.39 is 17.0 Å². The number of urea groups is 1. The average Bonchev–Trinajstić information content (AvgIpc) is 3.41. The van der Waals surface area contributed by atoms with Gasteiger partial charge in [-0.15, -0.1) is 0 Å². The molecule has 6 nitrogen and oxygen atoms in total. The Labute approximate surface area is 180 Å². The van der Waals surface area contributed by atoms with Crippen molar-refractivity contribution in [1.29, 1.82) is 0 Å². The van der Waals surface area contributed by atoms with Crippen LogP contribution < -0.4 is 5.32 Å². The van der Waals surface area contributed by atoms with Gasteiger partial charge < -0.3 is 19.5 Å². The number of furan rings is 1. The molecule has 2 aliphatic rings. The number of amides is 3. The first-order valence-corrected chi connectivity index (χ1v) is 10.7. The molecule has 1 saturated heterocycles. The van der Waals surface area contributed by atoms with Crippen LogP contribution in [-0.4, -0.2) is 54.5 Å². The van der Waals surface area contributed by atoms with Crippen LogP contribution in [-0.2, 0) is 5.41 Å². The van der Waals surface area contributed by atoms with E-state index in [-0.39, 0.29) is 24.0 Å². The molecule has 4 rings (SSSR count). The molecule has 0 unspecified atom stereocenters. The van der Waals surface area contributed by atoms with E-state index in [4.69, 9.17) is 4.42 Å². The molecule has 166 valence electrons. The number of carbonyl (C=O) groups excluding carboxylic acids is 2. The van der Waals surface area contributed by atoms with Gasteiger partial charge in [0.2, 0.25) is 0 Å². The smallest absolute Gasteiger partial charge is 0.317 e. The molecule has 3 amide bonds. The van der Waals surface area contributed by atoms with E-state index in [1.165, 1.54) is 18.2 Å². The Balaban J connectivity index is 1.36. The van der Waals surface area contributed by atoms with Crippen molar-refractivity contribution in [2.75, 3.05) is 32.7 Å². The van der Waals surface area contributed by atoms with Crippen LogP contribution in [0.3, 0.4) is 0 Å². The lowest BCUT2D eigenvalue weighted by atomic mass is 9.78. The molecule has 1 aromatic carbocycles. The van der Waals surface area contributed by atoms with E-state index in [1.54, 1.807) is 28.9 Å². The maximum absolute atomic E-state index is 14.5. The highest BCUT2D eigenvalue weighted by molar-refractivity contribution is 5.91. The summed E-state index contributed by atoms with van der Waals surface area (Å²) in [5.41, 5.74) is -0.642. The van der Waals surface area contributed by atoms with Gasteiger partial charge in [-0.25, -0.2) is 13.6 Å². The van der Waals surface area contributed by atoms with E-state index in [2.05, 4.69) is 5.32 Å². The van der Waals surface area contributed by atoms with Gasteiger partial charge in [0.05, 0.1) is 0 Å². The molecule has 0 radical (unpaired) electrons. The number of piperazine rings is 1. The van der Waals surface area contributed by atoms with E-state index in [0.717, 1.165) is 12.8 Å². The summed E-state index contributed by atoms with van der Waals surface area (Å²) >= 11 is 0. The third-order valence-electron chi connectivity index (χ3n) is 6.44. The van der Waals surface area contributed by atoms with Gasteiger partial charge in [-0.05, 0) is 44.0 Å². The molecular weight excluding hydrogens is 404 g/mol. The third-order valence-corrected chi connectivity index (χ3v) is 6.44. The molecule has 0 spiro atoms. The number of benzene rings is 1. The van der Waals surface area contributed by atoms with E-state index in [0.29, 0.717) is 50.5 Å². The second kappa shape index (κ2) is 8.69. The van der Waals surface area contributed by atoms with E-state index in [1.807, 2.05) is 0 Å². The first-order valence-electron chi connectivity index (χ1n) is 10.7. The van der Waals surface area contributed by atoms with Crippen LogP contribution in [0.5, 0.6) is 0 Å². The van der Waals surface area contributed by atoms with Gasteiger partial charge in [-0.1, -0.05) is 18.9 Å². The molecule has 1 aromatic heterocycles. The average molecular weight is 431 g/mol. The number of aryl methyl sites for hydroxylation is 1. The van der Waals surface area contributed by atoms with Gasteiger partial charge in [0.1, 0.15) is 17.4 Å². The van der Waals surface area contributed by atoms with Gasteiger partial charge in [0.25, 0.3) is 5.91 Å². The van der Waals surface area contributed by atoms with Crippen molar-refractivity contribution in [3.8, 4) is 0 Å². The van der Waals surface area contributed by atoms with Crippen molar-refractivity contribution in [2.45, 2.75) is 38.0 Å². The van der Waals surface area contributed by atoms with Crippen molar-refractivity contribution < 1.29 is 22.8 Å². The van der Waals surface area contributed by atoms with Gasteiger partial charge in [0.15, 0.2) is 5.76 Å². The molecular formula is C23H27F2N3O3. The topological polar surface area (TPSA) is 65.8 Å². The van der Waals surface area contributed by atoms with Crippen LogP contribution in [0.4, 0.5) is 13.6 Å². The fourth-order valence-electron chi connectivity index (χ4n) is 4.75. The minimum Gasteiger partial charge on any atom is -0.456 e. The highest BCUT2D eigenvalue weighted by Crippen LogP contribution is 2.42. The Morgan fingerprint density at radius 3 is 2.19 bits per heavy atom. The first kappa shape index (κ1) is 21.3. The van der Waals surface area contributed by atoms with Gasteiger partial charge >= 0.3 is 6.03 Å². The predicted octanol–water partition coefficient (Wildman–Crippen LogP) is 3.85. The summed E-state index contributed by atoms with van der Waals surface area (Å²) in [5.74, 6) is -0.333. The molecule has 0 atom stereocenters. The molecule has 31 heavy (non-hydrogen) atoms. The number of nitrogens with zero attached hydrogens (tertiary/aromatic N) is 2. The fourth-order valence-corrected chi connectivity index (χ4v) is 4.75. The number of hydrogen-bond donors (Lipinski definition) is 1. The van der Waals surface area contributed by atoms with Crippen molar-refractivity contribution in [3.05, 3.63) is 59.1 Å². The minimum absolute atomic E-state index is 0.0805. The zero-order valence-corrected chi connectivity index (χ0v) is 17.6. The highest BCUT2D eigenvalue weighted by Gasteiger charge is 2.40. The number of hydrogen-bond acceptors (Lipinski definition) is 3. The lowest BCUT2D eigenvalue weighted by Gasteiger charge is -2.36. The molecule has 1 aliphatic heterocycles. The largest absolute Gasteiger partial charge is 0.456 e. The maximum Gasteiger partial charge on any atom is 0.317 e. The van der Waals surface area contributed by atoms with Crippen LogP contribution in [0.25, 0.3) is 0 Å². The summed E-state index contributed by atoms with van der Waals surface area (Å²) in [6, 6.07) is 7.03. The first-order chi connectivity index (χ1) is 14.9. The second-order valence-electron chi connectivity index (χ2n) is 8.43. The van der Waals surface area contributed by atoms with Crippen LogP contribution in [0.1, 0.15) is 47.6 Å².